The van der Waals surface area contributed by atoms with Gasteiger partial charge in [-0.1, -0.05) is 146 Å². The molecular formula is C34H28S8. The molecule has 4 atom stereocenters. The van der Waals surface area contributed by atoms with Crippen LogP contribution in [0.4, 0.5) is 0 Å². The predicted molar refractivity (Wildman–Crippen MR) is 190 cm³/mol. The first kappa shape index (κ1) is 27.1. The van der Waals surface area contributed by atoms with Crippen molar-refractivity contribution in [1.29, 1.82) is 0 Å². The minimum absolute atomic E-state index is 0.368. The minimum atomic E-state index is 0.368. The fraction of sp³-hybridized carbons (Fsp3) is 0.353. The molecule has 0 aromatic heterocycles. The van der Waals surface area contributed by atoms with Gasteiger partial charge in [-0.15, -0.1) is 0 Å². The molecule has 10 aliphatic rings. The van der Waals surface area contributed by atoms with E-state index < -0.39 is 0 Å². The Morgan fingerprint density at radius 2 is 0.738 bits per heavy atom. The van der Waals surface area contributed by atoms with Gasteiger partial charge in [-0.05, 0) is 47.9 Å². The van der Waals surface area contributed by atoms with Crippen LogP contribution < -0.4 is 0 Å². The van der Waals surface area contributed by atoms with E-state index >= 15 is 0 Å². The van der Waals surface area contributed by atoms with Gasteiger partial charge in [0, 0.05) is 82.5 Å². The maximum absolute atomic E-state index is 2.50. The van der Waals surface area contributed by atoms with Crippen LogP contribution in [0.3, 0.4) is 0 Å². The zero-order valence-corrected chi connectivity index (χ0v) is 30.1. The monoisotopic (exact) mass is 692 g/mol. The third-order valence-corrected chi connectivity index (χ3v) is 21.0. The van der Waals surface area contributed by atoms with Gasteiger partial charge in [-0.25, -0.2) is 0 Å². The predicted octanol–water partition coefficient (Wildman–Crippen LogP) is 13.2. The number of hydrogen-bond acceptors (Lipinski definition) is 8. The van der Waals surface area contributed by atoms with E-state index in [9.17, 15) is 0 Å². The molecular weight excluding hydrogens is 665 g/mol. The number of allylic oxidation sites excluding steroid dienone is 8. The van der Waals surface area contributed by atoms with E-state index in [4.69, 9.17) is 0 Å². The highest BCUT2D eigenvalue weighted by molar-refractivity contribution is 8.30. The minimum Gasteiger partial charge on any atom is -0.0918 e. The van der Waals surface area contributed by atoms with E-state index in [-0.39, 0.29) is 0 Å². The van der Waals surface area contributed by atoms with Crippen molar-refractivity contribution in [2.24, 2.45) is 34.5 Å². The maximum atomic E-state index is 2.50. The molecule has 0 saturated heterocycles. The molecule has 4 unspecified atom stereocenters. The lowest BCUT2D eigenvalue weighted by Gasteiger charge is -2.47. The summed E-state index contributed by atoms with van der Waals surface area (Å²) >= 11 is 16.3. The van der Waals surface area contributed by atoms with Crippen molar-refractivity contribution >= 4 is 94.1 Å². The summed E-state index contributed by atoms with van der Waals surface area (Å²) in [5.41, 5.74) is 0.736. The summed E-state index contributed by atoms with van der Waals surface area (Å²) in [6, 6.07) is 10.00. The number of fused-ring (bicyclic) bond motifs is 6. The molecule has 4 heterocycles. The highest BCUT2D eigenvalue weighted by atomic mass is 32.2. The van der Waals surface area contributed by atoms with Crippen LogP contribution in [0.1, 0.15) is 40.5 Å². The molecule has 212 valence electrons. The molecule has 2 aromatic carbocycles. The van der Waals surface area contributed by atoms with Crippen LogP contribution >= 0.6 is 94.1 Å². The van der Waals surface area contributed by atoms with E-state index in [1.807, 2.05) is 47.0 Å². The highest BCUT2D eigenvalue weighted by Crippen LogP contribution is 2.68. The van der Waals surface area contributed by atoms with Gasteiger partial charge in [0.05, 0.1) is 8.47 Å². The zero-order valence-electron chi connectivity index (χ0n) is 23.6. The van der Waals surface area contributed by atoms with Crippen LogP contribution in [0.25, 0.3) is 0 Å². The third-order valence-electron chi connectivity index (χ3n) is 9.85. The average Bonchev–Trinajstić information content (AvgIpc) is 3.55. The quantitative estimate of drug-likeness (QED) is 0.247. The molecule has 42 heavy (non-hydrogen) atoms. The van der Waals surface area contributed by atoms with E-state index in [0.29, 0.717) is 34.5 Å². The Kier molecular flexibility index (Phi) is 5.98. The lowest BCUT2D eigenvalue weighted by atomic mass is 9.64. The summed E-state index contributed by atoms with van der Waals surface area (Å²) < 4.78 is 2.93. The Balaban J connectivity index is 0.919. The van der Waals surface area contributed by atoms with E-state index in [0.717, 1.165) is 0 Å². The van der Waals surface area contributed by atoms with Gasteiger partial charge in [-0.3, -0.25) is 0 Å². The van der Waals surface area contributed by atoms with Crippen molar-refractivity contribution in [2.75, 3.05) is 0 Å². The highest BCUT2D eigenvalue weighted by Gasteiger charge is 2.47. The largest absolute Gasteiger partial charge is 0.0918 e. The third kappa shape index (κ3) is 3.94. The molecule has 12 rings (SSSR count). The summed E-state index contributed by atoms with van der Waals surface area (Å²) in [6.45, 7) is 9.84. The Labute approximate surface area is 282 Å². The standard InChI is InChI=1S/C34H28S8/c1-33(2)13-15-5-7-17(33)29-27(15)35-19-9-23-25(11-21(19)37-29)41-31(39-23)32-40-24-10-20-22(12-26(24)42-32)38-30-18-8-6-16(28(30)36-20)14-34(18,3)4/h5-12,15-18H,13-14H2,1-4H3/b32-31+. The van der Waals surface area contributed by atoms with Crippen molar-refractivity contribution in [2.45, 2.75) is 79.7 Å². The van der Waals surface area contributed by atoms with Crippen LogP contribution in [-0.2, 0) is 0 Å². The first-order valence-corrected chi connectivity index (χ1v) is 21.1. The molecule has 0 N–H and O–H groups in total. The molecule has 2 aromatic rings. The number of thioether (sulfide) groups is 8. The van der Waals surface area contributed by atoms with Gasteiger partial charge >= 0.3 is 0 Å². The number of hydrogen-bond donors (Lipinski definition) is 0. The lowest BCUT2D eigenvalue weighted by molar-refractivity contribution is 0.223. The van der Waals surface area contributed by atoms with Gasteiger partial charge in [-0.2, -0.15) is 0 Å². The first-order chi connectivity index (χ1) is 20.2. The van der Waals surface area contributed by atoms with Crippen LogP contribution in [0.5, 0.6) is 0 Å². The van der Waals surface area contributed by atoms with Crippen LogP contribution in [0.15, 0.2) is 116 Å². The molecule has 4 bridgehead atoms. The molecule has 6 aliphatic carbocycles. The molecule has 0 saturated carbocycles. The van der Waals surface area contributed by atoms with Gasteiger partial charge in [0.15, 0.2) is 0 Å². The fourth-order valence-corrected chi connectivity index (χ4v) is 19.3. The van der Waals surface area contributed by atoms with Crippen LogP contribution in [-0.4, -0.2) is 0 Å². The molecule has 4 aliphatic heterocycles. The molecule has 8 heteroatoms. The first-order valence-electron chi connectivity index (χ1n) is 14.6. The molecule has 0 spiro atoms. The fourth-order valence-electron chi connectivity index (χ4n) is 7.70. The average molecular weight is 693 g/mol. The Bertz CT molecular complexity index is 1690. The van der Waals surface area contributed by atoms with Gasteiger partial charge in [0.2, 0.25) is 0 Å². The van der Waals surface area contributed by atoms with Crippen LogP contribution in [0.2, 0.25) is 0 Å². The smallest absolute Gasteiger partial charge is 0.0706 e. The molecule has 0 radical (unpaired) electrons. The van der Waals surface area contributed by atoms with E-state index in [1.165, 1.54) is 60.5 Å². The van der Waals surface area contributed by atoms with Crippen molar-refractivity contribution < 1.29 is 0 Å². The van der Waals surface area contributed by atoms with Crippen molar-refractivity contribution in [3.63, 3.8) is 0 Å². The summed E-state index contributed by atoms with van der Waals surface area (Å²) in [5, 5.41) is 0. The second-order valence-electron chi connectivity index (χ2n) is 13.7. The summed E-state index contributed by atoms with van der Waals surface area (Å²) in [7, 11) is 0. The molecule has 0 amide bonds. The summed E-state index contributed by atoms with van der Waals surface area (Å²) in [5.74, 6) is 2.34. The van der Waals surface area contributed by atoms with E-state index in [1.54, 1.807) is 19.6 Å². The van der Waals surface area contributed by atoms with Crippen molar-refractivity contribution in [3.8, 4) is 0 Å². The van der Waals surface area contributed by atoms with Gasteiger partial charge in [0.25, 0.3) is 0 Å². The zero-order chi connectivity index (χ0) is 28.1. The van der Waals surface area contributed by atoms with Gasteiger partial charge in [0.1, 0.15) is 0 Å². The second kappa shape index (κ2) is 9.27. The normalized spacial score (nSPS) is 33.4. The molecule has 0 fully saturated rings. The maximum Gasteiger partial charge on any atom is 0.0706 e. The van der Waals surface area contributed by atoms with Gasteiger partial charge < -0.3 is 0 Å². The van der Waals surface area contributed by atoms with Crippen molar-refractivity contribution in [1.82, 2.24) is 0 Å². The topological polar surface area (TPSA) is 0 Å². The SMILES string of the molecule is CC1(C)CC2C=CC1C1=C2Sc2cc3c(cc2S1)S/C(=C1\Sc2cc4c(cc2S1)SC1=C(S4)C2C=CC1C(C)(C)C2)S3. The van der Waals surface area contributed by atoms with Crippen LogP contribution in [0, 0.1) is 34.5 Å². The second-order valence-corrected chi connectivity index (χ2v) is 22.7. The van der Waals surface area contributed by atoms with Crippen molar-refractivity contribution in [3.05, 3.63) is 76.7 Å². The molecule has 0 nitrogen and oxygen atoms in total. The number of rotatable bonds is 0. The Hall–Kier alpha value is -0.0600. The summed E-state index contributed by atoms with van der Waals surface area (Å²) in [6.07, 6.45) is 12.5. The Morgan fingerprint density at radius 3 is 1.07 bits per heavy atom. The Morgan fingerprint density at radius 1 is 0.429 bits per heavy atom. The number of benzene rings is 2. The van der Waals surface area contributed by atoms with E-state index in [2.05, 4.69) is 123 Å². The lowest BCUT2D eigenvalue weighted by Crippen LogP contribution is -2.35. The summed E-state index contributed by atoms with van der Waals surface area (Å²) in [4.78, 5) is 18.2.